The van der Waals surface area contributed by atoms with Crippen LogP contribution in [0.1, 0.15) is 6.42 Å². The van der Waals surface area contributed by atoms with Gasteiger partial charge in [-0.05, 0) is 18.6 Å². The molecule has 2 heteroatoms. The quantitative estimate of drug-likeness (QED) is 0.729. The highest BCUT2D eigenvalue weighted by molar-refractivity contribution is 5.46. The van der Waals surface area contributed by atoms with E-state index in [1.807, 2.05) is 12.2 Å². The van der Waals surface area contributed by atoms with E-state index in [0.29, 0.717) is 0 Å². The summed E-state index contributed by atoms with van der Waals surface area (Å²) in [6.45, 7) is 13.3. The number of hydrogen-bond acceptors (Lipinski definition) is 2. The molecule has 0 bridgehead atoms. The van der Waals surface area contributed by atoms with E-state index < -0.39 is 0 Å². The van der Waals surface area contributed by atoms with Gasteiger partial charge in [-0.2, -0.15) is 0 Å². The molecular formula is C18H24N2. The Morgan fingerprint density at radius 3 is 2.45 bits per heavy atom. The van der Waals surface area contributed by atoms with Gasteiger partial charge in [0.2, 0.25) is 0 Å². The molecule has 1 aromatic carbocycles. The van der Waals surface area contributed by atoms with Crippen LogP contribution in [-0.4, -0.2) is 37.6 Å². The minimum Gasteiger partial charge on any atom is -0.369 e. The van der Waals surface area contributed by atoms with E-state index >= 15 is 0 Å². The Bertz CT molecular complexity index is 454. The van der Waals surface area contributed by atoms with Gasteiger partial charge in [-0.15, -0.1) is 0 Å². The van der Waals surface area contributed by atoms with E-state index in [9.17, 15) is 0 Å². The molecular weight excluding hydrogens is 244 g/mol. The summed E-state index contributed by atoms with van der Waals surface area (Å²) < 4.78 is 0. The summed E-state index contributed by atoms with van der Waals surface area (Å²) in [4.78, 5) is 4.98. The fraction of sp³-hybridized carbons (Fsp3) is 0.333. The first-order valence-electron chi connectivity index (χ1n) is 7.29. The Labute approximate surface area is 122 Å². The van der Waals surface area contributed by atoms with Gasteiger partial charge in [0.05, 0.1) is 0 Å². The zero-order valence-electron chi connectivity index (χ0n) is 12.2. The predicted octanol–water partition coefficient (Wildman–Crippen LogP) is 3.50. The second-order valence-corrected chi connectivity index (χ2v) is 5.17. The van der Waals surface area contributed by atoms with Gasteiger partial charge in [-0.3, -0.25) is 4.90 Å². The molecule has 1 aliphatic rings. The molecule has 0 aliphatic carbocycles. The summed E-state index contributed by atoms with van der Waals surface area (Å²) in [5.41, 5.74) is 2.51. The molecule has 2 nitrogen and oxygen atoms in total. The van der Waals surface area contributed by atoms with Crippen molar-refractivity contribution in [3.8, 4) is 0 Å². The van der Waals surface area contributed by atoms with Crippen molar-refractivity contribution >= 4 is 5.69 Å². The molecule has 0 saturated carbocycles. The third-order valence-corrected chi connectivity index (χ3v) is 3.71. The first kappa shape index (κ1) is 14.6. The van der Waals surface area contributed by atoms with Crippen LogP contribution < -0.4 is 4.90 Å². The van der Waals surface area contributed by atoms with Crippen LogP contribution in [0.25, 0.3) is 0 Å². The van der Waals surface area contributed by atoms with Crippen molar-refractivity contribution in [2.75, 3.05) is 37.6 Å². The Morgan fingerprint density at radius 2 is 1.80 bits per heavy atom. The highest BCUT2D eigenvalue weighted by atomic mass is 15.3. The van der Waals surface area contributed by atoms with Gasteiger partial charge >= 0.3 is 0 Å². The predicted molar refractivity (Wildman–Crippen MR) is 88.2 cm³/mol. The van der Waals surface area contributed by atoms with Gasteiger partial charge in [0.25, 0.3) is 0 Å². The molecule has 0 N–H and O–H groups in total. The van der Waals surface area contributed by atoms with E-state index in [1.54, 1.807) is 6.08 Å². The first-order chi connectivity index (χ1) is 9.79. The van der Waals surface area contributed by atoms with Gasteiger partial charge < -0.3 is 4.90 Å². The average Bonchev–Trinajstić information content (AvgIpc) is 2.52. The van der Waals surface area contributed by atoms with Crippen LogP contribution >= 0.6 is 0 Å². The Balaban J connectivity index is 1.73. The Kier molecular flexibility index (Phi) is 5.63. The molecule has 0 amide bonds. The summed E-state index contributed by atoms with van der Waals surface area (Å²) in [6.07, 6.45) is 6.84. The number of rotatable bonds is 6. The van der Waals surface area contributed by atoms with Gasteiger partial charge in [0.1, 0.15) is 0 Å². The molecule has 2 rings (SSSR count). The van der Waals surface area contributed by atoms with Crippen molar-refractivity contribution in [3.63, 3.8) is 0 Å². The van der Waals surface area contributed by atoms with Crippen molar-refractivity contribution in [1.82, 2.24) is 4.90 Å². The number of anilines is 1. The number of allylic oxidation sites excluding steroid dienone is 3. The SMILES string of the molecule is C=CC=CC(=C)CCN1CCN(c2ccccc2)CC1. The Hall–Kier alpha value is -1.80. The normalized spacial score (nSPS) is 16.5. The monoisotopic (exact) mass is 268 g/mol. The van der Waals surface area contributed by atoms with Crippen LogP contribution in [0.2, 0.25) is 0 Å². The molecule has 0 spiro atoms. The van der Waals surface area contributed by atoms with Gasteiger partial charge in [-0.1, -0.05) is 55.2 Å². The molecule has 1 aliphatic heterocycles. The van der Waals surface area contributed by atoms with Crippen LogP contribution in [0.15, 0.2) is 67.3 Å². The fourth-order valence-corrected chi connectivity index (χ4v) is 2.46. The molecule has 0 aromatic heterocycles. The lowest BCUT2D eigenvalue weighted by molar-refractivity contribution is 0.261. The third kappa shape index (κ3) is 4.39. The van der Waals surface area contributed by atoms with Crippen LogP contribution in [0.3, 0.4) is 0 Å². The van der Waals surface area contributed by atoms with Crippen molar-refractivity contribution < 1.29 is 0 Å². The lowest BCUT2D eigenvalue weighted by Crippen LogP contribution is -2.46. The summed E-state index contributed by atoms with van der Waals surface area (Å²) in [5.74, 6) is 0. The number of hydrogen-bond donors (Lipinski definition) is 0. The van der Waals surface area contributed by atoms with Crippen LogP contribution in [0.5, 0.6) is 0 Å². The molecule has 1 heterocycles. The molecule has 0 radical (unpaired) electrons. The summed E-state index contributed by atoms with van der Waals surface area (Å²) >= 11 is 0. The summed E-state index contributed by atoms with van der Waals surface area (Å²) in [5, 5.41) is 0. The minimum absolute atomic E-state index is 1.04. The van der Waals surface area contributed by atoms with Crippen molar-refractivity contribution in [2.24, 2.45) is 0 Å². The second-order valence-electron chi connectivity index (χ2n) is 5.17. The molecule has 1 saturated heterocycles. The zero-order chi connectivity index (χ0) is 14.2. The topological polar surface area (TPSA) is 6.48 Å². The van der Waals surface area contributed by atoms with Crippen molar-refractivity contribution in [2.45, 2.75) is 6.42 Å². The maximum Gasteiger partial charge on any atom is 0.0367 e. The molecule has 1 fully saturated rings. The molecule has 0 atom stereocenters. The summed E-state index contributed by atoms with van der Waals surface area (Å²) in [6, 6.07) is 10.7. The summed E-state index contributed by atoms with van der Waals surface area (Å²) in [7, 11) is 0. The number of benzene rings is 1. The third-order valence-electron chi connectivity index (χ3n) is 3.71. The van der Waals surface area contributed by atoms with Crippen molar-refractivity contribution in [1.29, 1.82) is 0 Å². The lowest BCUT2D eigenvalue weighted by atomic mass is 10.1. The highest BCUT2D eigenvalue weighted by Gasteiger charge is 2.16. The maximum atomic E-state index is 4.07. The first-order valence-corrected chi connectivity index (χ1v) is 7.29. The number of nitrogens with zero attached hydrogens (tertiary/aromatic N) is 2. The molecule has 20 heavy (non-hydrogen) atoms. The van der Waals surface area contributed by atoms with Crippen LogP contribution in [-0.2, 0) is 0 Å². The number of piperazine rings is 1. The molecule has 106 valence electrons. The molecule has 1 aromatic rings. The smallest absolute Gasteiger partial charge is 0.0367 e. The largest absolute Gasteiger partial charge is 0.369 e. The maximum absolute atomic E-state index is 4.07. The highest BCUT2D eigenvalue weighted by Crippen LogP contribution is 2.16. The van der Waals surface area contributed by atoms with E-state index in [2.05, 4.69) is 53.3 Å². The van der Waals surface area contributed by atoms with Gasteiger partial charge in [-0.25, -0.2) is 0 Å². The lowest BCUT2D eigenvalue weighted by Gasteiger charge is -2.36. The van der Waals surface area contributed by atoms with Crippen molar-refractivity contribution in [3.05, 3.63) is 67.3 Å². The van der Waals surface area contributed by atoms with Crippen LogP contribution in [0, 0.1) is 0 Å². The van der Waals surface area contributed by atoms with E-state index in [-0.39, 0.29) is 0 Å². The standard InChI is InChI=1S/C18H24N2/c1-3-4-8-17(2)11-12-19-13-15-20(16-14-19)18-9-6-5-7-10-18/h3-10H,1-2,11-16H2. The van der Waals surface area contributed by atoms with E-state index in [0.717, 1.165) is 39.1 Å². The fourth-order valence-electron chi connectivity index (χ4n) is 2.46. The minimum atomic E-state index is 1.04. The van der Waals surface area contributed by atoms with Gasteiger partial charge in [0.15, 0.2) is 0 Å². The zero-order valence-corrected chi connectivity index (χ0v) is 12.2. The average molecular weight is 268 g/mol. The number of para-hydroxylation sites is 1. The van der Waals surface area contributed by atoms with Gasteiger partial charge in [0, 0.05) is 38.4 Å². The van der Waals surface area contributed by atoms with E-state index in [1.165, 1.54) is 11.3 Å². The van der Waals surface area contributed by atoms with Crippen LogP contribution in [0.4, 0.5) is 5.69 Å². The Morgan fingerprint density at radius 1 is 1.10 bits per heavy atom. The molecule has 0 unspecified atom stereocenters. The second kappa shape index (κ2) is 7.71. The van der Waals surface area contributed by atoms with E-state index in [4.69, 9.17) is 0 Å².